The summed E-state index contributed by atoms with van der Waals surface area (Å²) in [5, 5.41) is 0. The molecule has 0 radical (unpaired) electrons. The largest absolute Gasteiger partial charge is 0.449 e. The molecule has 2 saturated heterocycles. The summed E-state index contributed by atoms with van der Waals surface area (Å²) >= 11 is 0. The van der Waals surface area contributed by atoms with E-state index in [1.807, 2.05) is 23.2 Å². The van der Waals surface area contributed by atoms with Crippen LogP contribution in [0.4, 0.5) is 0 Å². The first-order valence-electron chi connectivity index (χ1n) is 10.9. The van der Waals surface area contributed by atoms with Crippen LogP contribution in [0.5, 0.6) is 0 Å². The highest BCUT2D eigenvalue weighted by Gasteiger charge is 2.48. The molecule has 3 aromatic rings. The van der Waals surface area contributed by atoms with E-state index in [0.29, 0.717) is 25.9 Å². The number of imidazole rings is 1. The number of nitrogens with zero attached hydrogens (tertiary/aromatic N) is 3. The fourth-order valence-electron chi connectivity index (χ4n) is 5.10. The average Bonchev–Trinajstić information content (AvgIpc) is 3.39. The van der Waals surface area contributed by atoms with Crippen LogP contribution in [-0.2, 0) is 19.7 Å². The molecule has 2 fully saturated rings. The van der Waals surface area contributed by atoms with Crippen LogP contribution in [0.2, 0.25) is 0 Å². The molecule has 160 valence electrons. The van der Waals surface area contributed by atoms with E-state index in [4.69, 9.17) is 9.72 Å². The highest BCUT2D eigenvalue weighted by molar-refractivity contribution is 5.90. The number of fused-ring (bicyclic) bond motifs is 1. The van der Waals surface area contributed by atoms with Crippen LogP contribution >= 0.6 is 0 Å². The smallest absolute Gasteiger partial charge is 0.307 e. The highest BCUT2D eigenvalue weighted by Crippen LogP contribution is 2.42. The third kappa shape index (κ3) is 3.21. The Morgan fingerprint density at radius 2 is 1.81 bits per heavy atom. The van der Waals surface area contributed by atoms with Crippen molar-refractivity contribution >= 4 is 17.5 Å². The number of likely N-dealkylation sites (tertiary alicyclic amines) is 1. The van der Waals surface area contributed by atoms with Gasteiger partial charge in [0.1, 0.15) is 5.65 Å². The number of piperidine rings is 1. The first-order valence-corrected chi connectivity index (χ1v) is 10.9. The van der Waals surface area contributed by atoms with Gasteiger partial charge in [-0.15, -0.1) is 0 Å². The summed E-state index contributed by atoms with van der Waals surface area (Å²) in [6.07, 6.45) is 6.48. The molecule has 2 aromatic heterocycles. The number of amides is 1. The van der Waals surface area contributed by atoms with Crippen LogP contribution in [0.25, 0.3) is 5.65 Å². The molecule has 2 aliphatic heterocycles. The Labute approximate surface area is 181 Å². The number of ether oxygens (including phenoxy) is 1. The lowest BCUT2D eigenvalue weighted by Gasteiger charge is -2.43. The Bertz CT molecular complexity index is 1150. The van der Waals surface area contributed by atoms with Crippen molar-refractivity contribution in [2.75, 3.05) is 13.1 Å². The summed E-state index contributed by atoms with van der Waals surface area (Å²) < 4.78 is 7.48. The van der Waals surface area contributed by atoms with E-state index in [0.717, 1.165) is 29.7 Å². The van der Waals surface area contributed by atoms with Crippen LogP contribution in [0, 0.1) is 6.92 Å². The van der Waals surface area contributed by atoms with E-state index in [1.54, 1.807) is 6.92 Å². The molecule has 6 nitrogen and oxygen atoms in total. The monoisotopic (exact) mass is 417 g/mol. The summed E-state index contributed by atoms with van der Waals surface area (Å²) in [6, 6.07) is 14.6. The minimum Gasteiger partial charge on any atom is -0.449 e. The van der Waals surface area contributed by atoms with Crippen molar-refractivity contribution in [3.8, 4) is 0 Å². The molecule has 4 heterocycles. The molecule has 1 amide bonds. The van der Waals surface area contributed by atoms with Gasteiger partial charge in [0.2, 0.25) is 0 Å². The molecule has 31 heavy (non-hydrogen) atoms. The van der Waals surface area contributed by atoms with Crippen LogP contribution in [-0.4, -0.2) is 44.9 Å². The van der Waals surface area contributed by atoms with Gasteiger partial charge in [-0.1, -0.05) is 36.4 Å². The van der Waals surface area contributed by atoms with Crippen LogP contribution in [0.3, 0.4) is 0 Å². The maximum Gasteiger partial charge on any atom is 0.307 e. The highest BCUT2D eigenvalue weighted by atomic mass is 16.6. The lowest BCUT2D eigenvalue weighted by molar-refractivity contribution is -0.163. The first kappa shape index (κ1) is 19.8. The van der Waals surface area contributed by atoms with E-state index in [-0.39, 0.29) is 17.3 Å². The normalized spacial score (nSPS) is 23.2. The van der Waals surface area contributed by atoms with Crippen LogP contribution in [0.15, 0.2) is 54.9 Å². The zero-order chi connectivity index (χ0) is 21.6. The molecular weight excluding hydrogens is 390 g/mol. The predicted octanol–water partition coefficient (Wildman–Crippen LogP) is 3.65. The number of cyclic esters (lactones) is 1. The molecular formula is C25H27N3O3. The molecule has 1 unspecified atom stereocenters. The third-order valence-corrected chi connectivity index (χ3v) is 7.00. The van der Waals surface area contributed by atoms with E-state index in [9.17, 15) is 9.59 Å². The van der Waals surface area contributed by atoms with Crippen molar-refractivity contribution in [1.29, 1.82) is 0 Å². The minimum atomic E-state index is -1.02. The Hall–Kier alpha value is -3.15. The van der Waals surface area contributed by atoms with Gasteiger partial charge < -0.3 is 14.0 Å². The molecule has 0 aliphatic carbocycles. The minimum absolute atomic E-state index is 0.0779. The maximum absolute atomic E-state index is 13.2. The van der Waals surface area contributed by atoms with Crippen molar-refractivity contribution in [2.24, 2.45) is 0 Å². The lowest BCUT2D eigenvalue weighted by Crippen LogP contribution is -2.52. The number of esters is 1. The molecule has 0 N–H and O–H groups in total. The average molecular weight is 418 g/mol. The van der Waals surface area contributed by atoms with Crippen molar-refractivity contribution in [1.82, 2.24) is 14.3 Å². The van der Waals surface area contributed by atoms with Crippen molar-refractivity contribution < 1.29 is 14.3 Å². The number of aryl methyl sites for hydroxylation is 1. The summed E-state index contributed by atoms with van der Waals surface area (Å²) in [6.45, 7) is 5.03. The lowest BCUT2D eigenvalue weighted by atomic mass is 9.70. The van der Waals surface area contributed by atoms with Crippen LogP contribution in [0.1, 0.15) is 49.4 Å². The Morgan fingerprint density at radius 3 is 2.45 bits per heavy atom. The molecule has 5 rings (SSSR count). The van der Waals surface area contributed by atoms with Crippen molar-refractivity contribution in [3.63, 3.8) is 0 Å². The van der Waals surface area contributed by atoms with Gasteiger partial charge in [0.25, 0.3) is 5.91 Å². The van der Waals surface area contributed by atoms with Gasteiger partial charge in [-0.2, -0.15) is 0 Å². The fourth-order valence-corrected chi connectivity index (χ4v) is 5.10. The molecule has 0 saturated carbocycles. The van der Waals surface area contributed by atoms with Gasteiger partial charge in [0.05, 0.1) is 5.69 Å². The number of pyridine rings is 1. The number of carbonyl (C=O) groups is 2. The SMILES string of the molecule is Cc1cccn2cc(C3(c4ccccc4)CCN(C(=O)C4(C)CCC(=O)O4)CC3)nc12. The summed E-state index contributed by atoms with van der Waals surface area (Å²) in [7, 11) is 0. The summed E-state index contributed by atoms with van der Waals surface area (Å²) in [5.74, 6) is -0.364. The summed E-state index contributed by atoms with van der Waals surface area (Å²) in [5.41, 5.74) is 3.09. The van der Waals surface area contributed by atoms with E-state index >= 15 is 0 Å². The van der Waals surface area contributed by atoms with E-state index in [1.165, 1.54) is 5.56 Å². The Morgan fingerprint density at radius 1 is 1.06 bits per heavy atom. The van der Waals surface area contributed by atoms with Crippen molar-refractivity contribution in [3.05, 3.63) is 71.7 Å². The zero-order valence-corrected chi connectivity index (χ0v) is 18.0. The Balaban J connectivity index is 1.48. The van der Waals surface area contributed by atoms with Gasteiger partial charge in [0, 0.05) is 43.7 Å². The number of aromatic nitrogens is 2. The second-order valence-electron chi connectivity index (χ2n) is 8.99. The predicted molar refractivity (Wildman–Crippen MR) is 117 cm³/mol. The van der Waals surface area contributed by atoms with Crippen LogP contribution < -0.4 is 0 Å². The topological polar surface area (TPSA) is 63.9 Å². The van der Waals surface area contributed by atoms with Crippen molar-refractivity contribution in [2.45, 2.75) is 50.5 Å². The van der Waals surface area contributed by atoms with Gasteiger partial charge in [-0.3, -0.25) is 9.59 Å². The first-order chi connectivity index (χ1) is 14.9. The molecule has 2 aliphatic rings. The second kappa shape index (κ2) is 7.22. The van der Waals surface area contributed by atoms with Gasteiger partial charge in [-0.25, -0.2) is 4.98 Å². The number of hydrogen-bond acceptors (Lipinski definition) is 4. The number of benzene rings is 1. The zero-order valence-electron chi connectivity index (χ0n) is 18.0. The summed E-state index contributed by atoms with van der Waals surface area (Å²) in [4.78, 5) is 31.7. The quantitative estimate of drug-likeness (QED) is 0.611. The molecule has 1 aromatic carbocycles. The Kier molecular flexibility index (Phi) is 4.61. The molecule has 1 atom stereocenters. The third-order valence-electron chi connectivity index (χ3n) is 7.00. The van der Waals surface area contributed by atoms with Gasteiger partial charge in [-0.05, 0) is 43.9 Å². The van der Waals surface area contributed by atoms with E-state index in [2.05, 4.69) is 47.9 Å². The fraction of sp³-hybridized carbons (Fsp3) is 0.400. The second-order valence-corrected chi connectivity index (χ2v) is 8.99. The molecule has 0 spiro atoms. The number of carbonyl (C=O) groups excluding carboxylic acids is 2. The van der Waals surface area contributed by atoms with Gasteiger partial charge in [0.15, 0.2) is 5.60 Å². The number of rotatable bonds is 3. The van der Waals surface area contributed by atoms with Gasteiger partial charge >= 0.3 is 5.97 Å². The molecule has 6 heteroatoms. The standard InChI is InChI=1S/C25H27N3O3/c1-18-7-6-14-28-17-20(26-22(18)28)25(19-8-4-3-5-9-19)12-15-27(16-13-25)23(30)24(2)11-10-21(29)31-24/h3-9,14,17H,10-13,15-16H2,1-2H3. The molecule has 0 bridgehead atoms. The number of hydrogen-bond donors (Lipinski definition) is 0. The van der Waals surface area contributed by atoms with E-state index < -0.39 is 5.60 Å². The maximum atomic E-state index is 13.2.